The first-order chi connectivity index (χ1) is 9.63. The molecular weight excluding hydrogens is 320 g/mol. The monoisotopic (exact) mass is 330 g/mol. The average molecular weight is 331 g/mol. The number of carbonyl (C=O) groups excluding carboxylic acids is 1. The third kappa shape index (κ3) is 2.42. The maximum atomic E-state index is 12.1. The Hall–Kier alpha value is -2.21. The maximum Gasteiger partial charge on any atom is 0.275 e. The van der Waals surface area contributed by atoms with Crippen LogP contribution in [0.5, 0.6) is 0 Å². The van der Waals surface area contributed by atoms with Crippen molar-refractivity contribution in [1.29, 1.82) is 0 Å². The molecule has 3 rings (SSSR count). The van der Waals surface area contributed by atoms with Crippen molar-refractivity contribution in [2.75, 3.05) is 5.32 Å². The highest BCUT2D eigenvalue weighted by Gasteiger charge is 2.11. The summed E-state index contributed by atoms with van der Waals surface area (Å²) in [6, 6.07) is 7.72. The van der Waals surface area contributed by atoms with Gasteiger partial charge in [0.15, 0.2) is 0 Å². The molecule has 5 nitrogen and oxygen atoms in total. The second-order valence-electron chi connectivity index (χ2n) is 4.40. The zero-order valence-electron chi connectivity index (χ0n) is 10.6. The van der Waals surface area contributed by atoms with Gasteiger partial charge in [-0.05, 0) is 41.1 Å². The van der Waals surface area contributed by atoms with Crippen LogP contribution in [0.15, 0.2) is 41.3 Å². The predicted molar refractivity (Wildman–Crippen MR) is 80.7 cm³/mol. The Morgan fingerprint density at radius 1 is 1.30 bits per heavy atom. The number of benzene rings is 1. The summed E-state index contributed by atoms with van der Waals surface area (Å²) in [6.07, 6.45) is 2.93. The second kappa shape index (κ2) is 5.05. The first-order valence-electron chi connectivity index (χ1n) is 6.01. The number of anilines is 1. The van der Waals surface area contributed by atoms with Gasteiger partial charge in [0.2, 0.25) is 0 Å². The summed E-state index contributed by atoms with van der Waals surface area (Å²) in [5, 5.41) is 3.83. The van der Waals surface area contributed by atoms with E-state index < -0.39 is 0 Å². The highest BCUT2D eigenvalue weighted by molar-refractivity contribution is 9.10. The maximum absolute atomic E-state index is 12.1. The largest absolute Gasteiger partial charge is 0.359 e. The number of carbonyl (C=O) groups is 1. The molecular formula is C14H11BrN4O. The number of aromatic nitrogens is 3. The van der Waals surface area contributed by atoms with Crippen LogP contribution in [0.2, 0.25) is 0 Å². The van der Waals surface area contributed by atoms with Crippen molar-refractivity contribution in [1.82, 2.24) is 15.0 Å². The molecule has 100 valence electrons. The lowest BCUT2D eigenvalue weighted by molar-refractivity contribution is 0.102. The quantitative estimate of drug-likeness (QED) is 0.757. The summed E-state index contributed by atoms with van der Waals surface area (Å²) in [4.78, 5) is 23.4. The van der Waals surface area contributed by atoms with Crippen molar-refractivity contribution in [3.05, 3.63) is 52.7 Å². The number of amides is 1. The Morgan fingerprint density at radius 3 is 2.90 bits per heavy atom. The summed E-state index contributed by atoms with van der Waals surface area (Å²) in [7, 11) is 0. The smallest absolute Gasteiger partial charge is 0.275 e. The van der Waals surface area contributed by atoms with Crippen LogP contribution in [0.3, 0.4) is 0 Å². The van der Waals surface area contributed by atoms with E-state index in [0.29, 0.717) is 4.60 Å². The van der Waals surface area contributed by atoms with E-state index in [9.17, 15) is 4.79 Å². The number of nitrogens with zero attached hydrogens (tertiary/aromatic N) is 2. The van der Waals surface area contributed by atoms with Crippen molar-refractivity contribution in [2.45, 2.75) is 6.92 Å². The predicted octanol–water partition coefficient (Wildman–Crippen LogP) is 3.28. The van der Waals surface area contributed by atoms with Crippen LogP contribution in [0, 0.1) is 6.92 Å². The van der Waals surface area contributed by atoms with Gasteiger partial charge >= 0.3 is 0 Å². The number of aromatic amines is 1. The highest BCUT2D eigenvalue weighted by Crippen LogP contribution is 2.24. The molecule has 2 aromatic heterocycles. The van der Waals surface area contributed by atoms with Crippen LogP contribution in [-0.4, -0.2) is 20.9 Å². The average Bonchev–Trinajstić information content (AvgIpc) is 2.81. The van der Waals surface area contributed by atoms with Crippen LogP contribution in [0.1, 0.15) is 16.2 Å². The van der Waals surface area contributed by atoms with Crippen molar-refractivity contribution in [3.8, 4) is 0 Å². The van der Waals surface area contributed by atoms with Crippen LogP contribution in [0.25, 0.3) is 10.9 Å². The van der Waals surface area contributed by atoms with Gasteiger partial charge in [0.25, 0.3) is 5.91 Å². The first-order valence-corrected chi connectivity index (χ1v) is 6.80. The lowest BCUT2D eigenvalue weighted by Crippen LogP contribution is -2.14. The summed E-state index contributed by atoms with van der Waals surface area (Å²) in [5.41, 5.74) is 3.06. The van der Waals surface area contributed by atoms with Crippen molar-refractivity contribution >= 4 is 38.4 Å². The number of nitrogens with one attached hydrogen (secondary N) is 2. The minimum absolute atomic E-state index is 0.275. The molecule has 1 amide bonds. The van der Waals surface area contributed by atoms with Gasteiger partial charge < -0.3 is 10.3 Å². The second-order valence-corrected chi connectivity index (χ2v) is 5.21. The van der Waals surface area contributed by atoms with Gasteiger partial charge in [-0.1, -0.05) is 6.07 Å². The van der Waals surface area contributed by atoms with Crippen LogP contribution in [-0.2, 0) is 0 Å². The Kier molecular flexibility index (Phi) is 3.23. The van der Waals surface area contributed by atoms with E-state index in [1.165, 1.54) is 12.4 Å². The molecule has 0 saturated heterocycles. The Balaban J connectivity index is 1.93. The molecule has 0 radical (unpaired) electrons. The molecule has 2 N–H and O–H groups in total. The van der Waals surface area contributed by atoms with E-state index in [1.807, 2.05) is 31.2 Å². The molecule has 3 aromatic rings. The molecule has 0 aliphatic carbocycles. The zero-order chi connectivity index (χ0) is 14.1. The van der Waals surface area contributed by atoms with E-state index in [1.54, 1.807) is 0 Å². The van der Waals surface area contributed by atoms with E-state index in [2.05, 4.69) is 36.2 Å². The molecule has 0 unspecified atom stereocenters. The van der Waals surface area contributed by atoms with Gasteiger partial charge in [0.05, 0.1) is 18.1 Å². The van der Waals surface area contributed by atoms with Gasteiger partial charge in [-0.2, -0.15) is 0 Å². The number of rotatable bonds is 2. The standard InChI is InChI=1S/C14H11BrN4O/c1-8-5-9-10(18-8)3-2-4-11(9)19-14(20)12-6-17-13(15)7-16-12/h2-7,18H,1H3,(H,19,20). The summed E-state index contributed by atoms with van der Waals surface area (Å²) in [5.74, 6) is -0.281. The van der Waals surface area contributed by atoms with Gasteiger partial charge in [0, 0.05) is 16.6 Å². The van der Waals surface area contributed by atoms with Gasteiger partial charge in [0.1, 0.15) is 10.3 Å². The molecule has 0 spiro atoms. The summed E-state index contributed by atoms with van der Waals surface area (Å²) < 4.78 is 0.595. The molecule has 6 heteroatoms. The Morgan fingerprint density at radius 2 is 2.15 bits per heavy atom. The fourth-order valence-electron chi connectivity index (χ4n) is 2.02. The van der Waals surface area contributed by atoms with Crippen molar-refractivity contribution in [2.24, 2.45) is 0 Å². The molecule has 0 aliphatic heterocycles. The van der Waals surface area contributed by atoms with Gasteiger partial charge in [-0.3, -0.25) is 4.79 Å². The molecule has 20 heavy (non-hydrogen) atoms. The molecule has 0 aliphatic rings. The zero-order valence-corrected chi connectivity index (χ0v) is 12.2. The fraction of sp³-hybridized carbons (Fsp3) is 0.0714. The van der Waals surface area contributed by atoms with Crippen molar-refractivity contribution < 1.29 is 4.79 Å². The molecule has 0 bridgehead atoms. The number of hydrogen-bond donors (Lipinski definition) is 2. The van der Waals surface area contributed by atoms with Crippen LogP contribution in [0.4, 0.5) is 5.69 Å². The number of H-pyrrole nitrogens is 1. The van der Waals surface area contributed by atoms with Crippen LogP contribution >= 0.6 is 15.9 Å². The van der Waals surface area contributed by atoms with E-state index in [4.69, 9.17) is 0 Å². The van der Waals surface area contributed by atoms with Gasteiger partial charge in [-0.25, -0.2) is 9.97 Å². The summed E-state index contributed by atoms with van der Waals surface area (Å²) >= 11 is 3.19. The highest BCUT2D eigenvalue weighted by atomic mass is 79.9. The molecule has 2 heterocycles. The fourth-order valence-corrected chi connectivity index (χ4v) is 2.22. The Labute approximate surface area is 123 Å². The topological polar surface area (TPSA) is 70.7 Å². The van der Waals surface area contributed by atoms with E-state index in [0.717, 1.165) is 22.3 Å². The molecule has 0 atom stereocenters. The minimum Gasteiger partial charge on any atom is -0.359 e. The van der Waals surface area contributed by atoms with Crippen molar-refractivity contribution in [3.63, 3.8) is 0 Å². The first kappa shape index (κ1) is 12.8. The third-order valence-electron chi connectivity index (χ3n) is 2.90. The van der Waals surface area contributed by atoms with Gasteiger partial charge in [-0.15, -0.1) is 0 Å². The van der Waals surface area contributed by atoms with E-state index in [-0.39, 0.29) is 11.6 Å². The lowest BCUT2D eigenvalue weighted by atomic mass is 10.2. The van der Waals surface area contributed by atoms with Crippen LogP contribution < -0.4 is 5.32 Å². The summed E-state index contributed by atoms with van der Waals surface area (Å²) in [6.45, 7) is 1.98. The SMILES string of the molecule is Cc1cc2c(NC(=O)c3cnc(Br)cn3)cccc2[nH]1. The minimum atomic E-state index is -0.281. The third-order valence-corrected chi connectivity index (χ3v) is 3.31. The Bertz CT molecular complexity index is 779. The molecule has 0 saturated carbocycles. The number of fused-ring (bicyclic) bond motifs is 1. The number of halogens is 1. The van der Waals surface area contributed by atoms with E-state index >= 15 is 0 Å². The number of aryl methyl sites for hydroxylation is 1. The molecule has 1 aromatic carbocycles. The normalized spacial score (nSPS) is 10.7. The lowest BCUT2D eigenvalue weighted by Gasteiger charge is -2.05. The molecule has 0 fully saturated rings. The number of hydrogen-bond acceptors (Lipinski definition) is 3.